The first-order valence-corrected chi connectivity index (χ1v) is 7.38. The summed E-state index contributed by atoms with van der Waals surface area (Å²) in [6.07, 6.45) is 9.99. The van der Waals surface area contributed by atoms with Gasteiger partial charge in [-0.25, -0.2) is 4.68 Å². The molecule has 2 rings (SSSR count). The predicted octanol–water partition coefficient (Wildman–Crippen LogP) is 1.60. The highest BCUT2D eigenvalue weighted by atomic mass is 15.3. The molecular weight excluding hydrogens is 274 g/mol. The van der Waals surface area contributed by atoms with E-state index in [-0.39, 0.29) is 0 Å². The molecule has 114 valence electrons. The van der Waals surface area contributed by atoms with Gasteiger partial charge in [-0.1, -0.05) is 24.1 Å². The normalized spacial score (nSPS) is 11.0. The summed E-state index contributed by atoms with van der Waals surface area (Å²) in [5, 5.41) is 10.6. The van der Waals surface area contributed by atoms with Crippen LogP contribution in [0.5, 0.6) is 0 Å². The first-order chi connectivity index (χ1) is 10.8. The largest absolute Gasteiger partial charge is 0.357 e. The van der Waals surface area contributed by atoms with Gasteiger partial charge in [0.1, 0.15) is 0 Å². The van der Waals surface area contributed by atoms with E-state index in [1.165, 1.54) is 0 Å². The minimum Gasteiger partial charge on any atom is -0.357 e. The number of hydrogen-bond donors (Lipinski definition) is 2. The molecule has 2 aromatic rings. The Balaban J connectivity index is 1.91. The number of terminal acetylenes is 1. The van der Waals surface area contributed by atoms with Crippen LogP contribution in [0.25, 0.3) is 5.69 Å². The summed E-state index contributed by atoms with van der Waals surface area (Å²) in [5.41, 5.74) is 2.21. The van der Waals surface area contributed by atoms with Gasteiger partial charge in [0.25, 0.3) is 0 Å². The Morgan fingerprint density at radius 1 is 1.32 bits per heavy atom. The van der Waals surface area contributed by atoms with Gasteiger partial charge in [-0.3, -0.25) is 4.99 Å². The molecule has 0 aliphatic heterocycles. The second kappa shape index (κ2) is 8.53. The summed E-state index contributed by atoms with van der Waals surface area (Å²) in [4.78, 5) is 4.49. The lowest BCUT2D eigenvalue weighted by Crippen LogP contribution is -2.37. The molecule has 0 spiro atoms. The molecule has 0 aliphatic carbocycles. The monoisotopic (exact) mass is 295 g/mol. The second-order valence-electron chi connectivity index (χ2n) is 4.70. The summed E-state index contributed by atoms with van der Waals surface area (Å²) < 4.78 is 1.88. The van der Waals surface area contributed by atoms with E-state index in [0.717, 1.165) is 30.2 Å². The summed E-state index contributed by atoms with van der Waals surface area (Å²) >= 11 is 0. The van der Waals surface area contributed by atoms with Crippen LogP contribution in [-0.2, 0) is 6.42 Å². The van der Waals surface area contributed by atoms with Crippen molar-refractivity contribution in [2.75, 3.05) is 19.6 Å². The van der Waals surface area contributed by atoms with E-state index in [0.29, 0.717) is 13.1 Å². The number of rotatable bonds is 6. The van der Waals surface area contributed by atoms with Crippen LogP contribution in [-0.4, -0.2) is 35.4 Å². The van der Waals surface area contributed by atoms with Crippen molar-refractivity contribution < 1.29 is 0 Å². The van der Waals surface area contributed by atoms with Crippen LogP contribution in [0, 0.1) is 12.3 Å². The van der Waals surface area contributed by atoms with E-state index in [2.05, 4.69) is 26.6 Å². The van der Waals surface area contributed by atoms with Crippen molar-refractivity contribution in [2.24, 2.45) is 4.99 Å². The van der Waals surface area contributed by atoms with E-state index in [9.17, 15) is 0 Å². The standard InChI is InChI=1S/C17H21N5/c1-3-11-19-17(18-4-2)20-12-10-15-13-21-22(14-15)16-8-6-5-7-9-16/h1,5-9,13-14H,4,10-12H2,2H3,(H2,18,19,20). The SMILES string of the molecule is C#CCNC(=NCCc1cnn(-c2ccccc2)c1)NCC. The fourth-order valence-corrected chi connectivity index (χ4v) is 1.98. The number of benzene rings is 1. The molecule has 0 unspecified atom stereocenters. The minimum atomic E-state index is 0.470. The van der Waals surface area contributed by atoms with E-state index >= 15 is 0 Å². The summed E-state index contributed by atoms with van der Waals surface area (Å²) in [6, 6.07) is 10.1. The van der Waals surface area contributed by atoms with Crippen LogP contribution in [0.2, 0.25) is 0 Å². The van der Waals surface area contributed by atoms with Crippen LogP contribution in [0.15, 0.2) is 47.7 Å². The van der Waals surface area contributed by atoms with Crippen molar-refractivity contribution in [3.05, 3.63) is 48.3 Å². The lowest BCUT2D eigenvalue weighted by atomic mass is 10.2. The molecule has 0 amide bonds. The number of aliphatic imine (C=N–C) groups is 1. The van der Waals surface area contributed by atoms with Crippen LogP contribution in [0.1, 0.15) is 12.5 Å². The van der Waals surface area contributed by atoms with Crippen molar-refractivity contribution in [3.8, 4) is 18.0 Å². The fourth-order valence-electron chi connectivity index (χ4n) is 1.98. The highest BCUT2D eigenvalue weighted by Crippen LogP contribution is 2.08. The van der Waals surface area contributed by atoms with Gasteiger partial charge in [-0.05, 0) is 31.0 Å². The molecule has 0 bridgehead atoms. The van der Waals surface area contributed by atoms with Gasteiger partial charge in [-0.2, -0.15) is 5.10 Å². The lowest BCUT2D eigenvalue weighted by molar-refractivity contribution is 0.854. The Kier molecular flexibility index (Phi) is 6.06. The Labute approximate surface area is 131 Å². The van der Waals surface area contributed by atoms with E-state index in [1.54, 1.807) is 0 Å². The highest BCUT2D eigenvalue weighted by molar-refractivity contribution is 5.79. The minimum absolute atomic E-state index is 0.470. The van der Waals surface area contributed by atoms with Crippen LogP contribution >= 0.6 is 0 Å². The average molecular weight is 295 g/mol. The maximum atomic E-state index is 5.24. The Morgan fingerprint density at radius 3 is 2.86 bits per heavy atom. The maximum Gasteiger partial charge on any atom is 0.192 e. The molecule has 0 fully saturated rings. The van der Waals surface area contributed by atoms with Crippen molar-refractivity contribution >= 4 is 5.96 Å². The number of nitrogens with one attached hydrogen (secondary N) is 2. The first-order valence-electron chi connectivity index (χ1n) is 7.38. The van der Waals surface area contributed by atoms with Gasteiger partial charge in [0, 0.05) is 19.3 Å². The predicted molar refractivity (Wildman–Crippen MR) is 90.1 cm³/mol. The topological polar surface area (TPSA) is 54.2 Å². The van der Waals surface area contributed by atoms with Gasteiger partial charge in [0.05, 0.1) is 18.4 Å². The number of guanidine groups is 1. The van der Waals surface area contributed by atoms with Crippen molar-refractivity contribution in [1.82, 2.24) is 20.4 Å². The first kappa shape index (κ1) is 15.6. The number of hydrogen-bond acceptors (Lipinski definition) is 2. The molecule has 5 nitrogen and oxygen atoms in total. The highest BCUT2D eigenvalue weighted by Gasteiger charge is 2.01. The second-order valence-corrected chi connectivity index (χ2v) is 4.70. The zero-order valence-electron chi connectivity index (χ0n) is 12.8. The molecule has 0 saturated heterocycles. The van der Waals surface area contributed by atoms with Crippen LogP contribution in [0.3, 0.4) is 0 Å². The van der Waals surface area contributed by atoms with Crippen LogP contribution in [0.4, 0.5) is 0 Å². The van der Waals surface area contributed by atoms with Gasteiger partial charge >= 0.3 is 0 Å². The molecule has 1 aromatic heterocycles. The third-order valence-corrected chi connectivity index (χ3v) is 3.03. The number of nitrogens with zero attached hydrogens (tertiary/aromatic N) is 3. The van der Waals surface area contributed by atoms with E-state index in [1.807, 2.05) is 54.3 Å². The molecule has 1 heterocycles. The smallest absolute Gasteiger partial charge is 0.192 e. The molecule has 22 heavy (non-hydrogen) atoms. The van der Waals surface area contributed by atoms with Gasteiger partial charge in [0.15, 0.2) is 5.96 Å². The van der Waals surface area contributed by atoms with Crippen LogP contribution < -0.4 is 10.6 Å². The molecule has 0 aliphatic rings. The molecule has 0 radical (unpaired) electrons. The number of para-hydroxylation sites is 1. The average Bonchev–Trinajstić information content (AvgIpc) is 3.02. The quantitative estimate of drug-likeness (QED) is 0.483. The molecule has 1 aromatic carbocycles. The Morgan fingerprint density at radius 2 is 2.14 bits per heavy atom. The van der Waals surface area contributed by atoms with E-state index in [4.69, 9.17) is 6.42 Å². The molecular formula is C17H21N5. The third kappa shape index (κ3) is 4.67. The third-order valence-electron chi connectivity index (χ3n) is 3.03. The Bertz CT molecular complexity index is 637. The molecule has 0 atom stereocenters. The van der Waals surface area contributed by atoms with E-state index < -0.39 is 0 Å². The summed E-state index contributed by atoms with van der Waals surface area (Å²) in [6.45, 7) is 3.98. The van der Waals surface area contributed by atoms with Crippen molar-refractivity contribution in [3.63, 3.8) is 0 Å². The maximum absolute atomic E-state index is 5.24. The van der Waals surface area contributed by atoms with Gasteiger partial charge < -0.3 is 10.6 Å². The zero-order valence-corrected chi connectivity index (χ0v) is 12.8. The molecule has 0 saturated carbocycles. The fraction of sp³-hybridized carbons (Fsp3) is 0.294. The van der Waals surface area contributed by atoms with Crippen molar-refractivity contribution in [1.29, 1.82) is 0 Å². The summed E-state index contributed by atoms with van der Waals surface area (Å²) in [5.74, 6) is 3.29. The van der Waals surface area contributed by atoms with Gasteiger partial charge in [-0.15, -0.1) is 6.42 Å². The zero-order chi connectivity index (χ0) is 15.6. The number of aromatic nitrogens is 2. The lowest BCUT2D eigenvalue weighted by Gasteiger charge is -2.08. The van der Waals surface area contributed by atoms with Crippen molar-refractivity contribution in [2.45, 2.75) is 13.3 Å². The Hall–Kier alpha value is -2.74. The summed E-state index contributed by atoms with van der Waals surface area (Å²) in [7, 11) is 0. The van der Waals surface area contributed by atoms with Gasteiger partial charge in [0.2, 0.25) is 0 Å². The molecule has 5 heteroatoms. The molecule has 2 N–H and O–H groups in total.